The third-order valence-electron chi connectivity index (χ3n) is 4.01. The summed E-state index contributed by atoms with van der Waals surface area (Å²) in [6.07, 6.45) is 2.74. The standard InChI is InChI=1S/C13H17ClN4O/c1-13(2)4-8(13)6-18-9(5-14)17-10-11(18)15-7-16-12(10)19-3/h7-8H,4-6H2,1-3H3. The van der Waals surface area contributed by atoms with E-state index in [1.54, 1.807) is 7.11 Å². The van der Waals surface area contributed by atoms with Crippen molar-refractivity contribution in [2.24, 2.45) is 11.3 Å². The fourth-order valence-electron chi connectivity index (χ4n) is 2.51. The van der Waals surface area contributed by atoms with Crippen LogP contribution in [0.25, 0.3) is 11.2 Å². The van der Waals surface area contributed by atoms with Crippen molar-refractivity contribution in [2.45, 2.75) is 32.7 Å². The minimum atomic E-state index is 0.368. The van der Waals surface area contributed by atoms with Gasteiger partial charge in [0.05, 0.1) is 13.0 Å². The Morgan fingerprint density at radius 3 is 2.79 bits per heavy atom. The molecule has 2 heterocycles. The van der Waals surface area contributed by atoms with Crippen molar-refractivity contribution in [3.63, 3.8) is 0 Å². The highest BCUT2D eigenvalue weighted by Crippen LogP contribution is 2.52. The first-order valence-electron chi connectivity index (χ1n) is 6.37. The molecule has 5 nitrogen and oxygen atoms in total. The zero-order valence-electron chi connectivity index (χ0n) is 11.4. The van der Waals surface area contributed by atoms with E-state index in [4.69, 9.17) is 16.3 Å². The molecular formula is C13H17ClN4O. The maximum Gasteiger partial charge on any atom is 0.245 e. The summed E-state index contributed by atoms with van der Waals surface area (Å²) < 4.78 is 7.33. The van der Waals surface area contributed by atoms with Gasteiger partial charge in [0.15, 0.2) is 11.2 Å². The number of imidazole rings is 1. The molecule has 0 saturated heterocycles. The minimum absolute atomic E-state index is 0.368. The Hall–Kier alpha value is -1.36. The van der Waals surface area contributed by atoms with E-state index in [2.05, 4.69) is 33.4 Å². The number of rotatable bonds is 4. The van der Waals surface area contributed by atoms with Gasteiger partial charge in [-0.25, -0.2) is 9.97 Å². The predicted octanol–water partition coefficient (Wildman–Crippen LogP) is 2.62. The van der Waals surface area contributed by atoms with E-state index in [0.29, 0.717) is 28.6 Å². The number of hydrogen-bond acceptors (Lipinski definition) is 4. The number of methoxy groups -OCH3 is 1. The highest BCUT2D eigenvalue weighted by molar-refractivity contribution is 6.16. The van der Waals surface area contributed by atoms with Crippen LogP contribution in [0.5, 0.6) is 5.88 Å². The van der Waals surface area contributed by atoms with Gasteiger partial charge in [-0.3, -0.25) is 0 Å². The Morgan fingerprint density at radius 1 is 1.47 bits per heavy atom. The van der Waals surface area contributed by atoms with E-state index in [0.717, 1.165) is 18.0 Å². The Labute approximate surface area is 117 Å². The van der Waals surface area contributed by atoms with Crippen molar-refractivity contribution in [2.75, 3.05) is 7.11 Å². The molecule has 1 saturated carbocycles. The Kier molecular flexibility index (Phi) is 2.89. The van der Waals surface area contributed by atoms with E-state index in [9.17, 15) is 0 Å². The van der Waals surface area contributed by atoms with Gasteiger partial charge in [-0.1, -0.05) is 13.8 Å². The number of hydrogen-bond donors (Lipinski definition) is 0. The van der Waals surface area contributed by atoms with Crippen molar-refractivity contribution in [3.05, 3.63) is 12.2 Å². The summed E-state index contributed by atoms with van der Waals surface area (Å²) in [4.78, 5) is 12.9. The monoisotopic (exact) mass is 280 g/mol. The van der Waals surface area contributed by atoms with Gasteiger partial charge in [-0.05, 0) is 17.8 Å². The fourth-order valence-corrected chi connectivity index (χ4v) is 2.72. The average molecular weight is 281 g/mol. The molecule has 1 aliphatic rings. The summed E-state index contributed by atoms with van der Waals surface area (Å²) in [6, 6.07) is 0. The molecule has 0 N–H and O–H groups in total. The number of alkyl halides is 1. The molecule has 1 unspecified atom stereocenters. The first-order chi connectivity index (χ1) is 9.06. The lowest BCUT2D eigenvalue weighted by atomic mass is 10.1. The lowest BCUT2D eigenvalue weighted by Crippen LogP contribution is -2.07. The molecule has 0 spiro atoms. The van der Waals surface area contributed by atoms with E-state index in [1.165, 1.54) is 12.7 Å². The summed E-state index contributed by atoms with van der Waals surface area (Å²) in [6.45, 7) is 5.48. The van der Waals surface area contributed by atoms with Gasteiger partial charge in [-0.2, -0.15) is 4.98 Å². The quantitative estimate of drug-likeness (QED) is 0.808. The summed E-state index contributed by atoms with van der Waals surface area (Å²) in [5, 5.41) is 0. The minimum Gasteiger partial charge on any atom is -0.479 e. The highest BCUT2D eigenvalue weighted by Gasteiger charge is 2.45. The summed E-state index contributed by atoms with van der Waals surface area (Å²) in [7, 11) is 1.59. The number of aromatic nitrogens is 4. The normalized spacial score (nSPS) is 20.7. The molecule has 0 amide bonds. The van der Waals surface area contributed by atoms with Crippen LogP contribution in [-0.2, 0) is 12.4 Å². The first-order valence-corrected chi connectivity index (χ1v) is 6.90. The van der Waals surface area contributed by atoms with Crippen LogP contribution in [0.3, 0.4) is 0 Å². The second kappa shape index (κ2) is 4.34. The van der Waals surface area contributed by atoms with E-state index >= 15 is 0 Å². The Balaban J connectivity index is 2.06. The third-order valence-corrected chi connectivity index (χ3v) is 4.25. The van der Waals surface area contributed by atoms with Crippen molar-refractivity contribution < 1.29 is 4.74 Å². The van der Waals surface area contributed by atoms with E-state index < -0.39 is 0 Å². The maximum absolute atomic E-state index is 6.00. The zero-order chi connectivity index (χ0) is 13.6. The van der Waals surface area contributed by atoms with Gasteiger partial charge >= 0.3 is 0 Å². The molecule has 0 radical (unpaired) electrons. The second-order valence-corrected chi connectivity index (χ2v) is 5.98. The molecule has 1 atom stereocenters. The molecule has 102 valence electrons. The van der Waals surface area contributed by atoms with Crippen molar-refractivity contribution in [3.8, 4) is 5.88 Å². The topological polar surface area (TPSA) is 52.8 Å². The highest BCUT2D eigenvalue weighted by atomic mass is 35.5. The number of fused-ring (bicyclic) bond motifs is 1. The molecule has 1 aliphatic carbocycles. The molecule has 19 heavy (non-hydrogen) atoms. The van der Waals surface area contributed by atoms with Gasteiger partial charge in [-0.15, -0.1) is 11.6 Å². The van der Waals surface area contributed by atoms with Crippen LogP contribution in [0.4, 0.5) is 0 Å². The Morgan fingerprint density at radius 2 is 2.21 bits per heavy atom. The lowest BCUT2D eigenvalue weighted by molar-refractivity contribution is 0.401. The number of ether oxygens (including phenoxy) is 1. The van der Waals surface area contributed by atoms with E-state index in [1.807, 2.05) is 0 Å². The zero-order valence-corrected chi connectivity index (χ0v) is 12.1. The first kappa shape index (κ1) is 12.7. The second-order valence-electron chi connectivity index (χ2n) is 5.72. The molecule has 0 aromatic carbocycles. The van der Waals surface area contributed by atoms with Gasteiger partial charge in [0, 0.05) is 6.54 Å². The average Bonchev–Trinajstić information content (AvgIpc) is 2.84. The van der Waals surface area contributed by atoms with Crippen LogP contribution < -0.4 is 4.74 Å². The third kappa shape index (κ3) is 2.06. The lowest BCUT2D eigenvalue weighted by Gasteiger charge is -2.08. The summed E-state index contributed by atoms with van der Waals surface area (Å²) in [5.41, 5.74) is 1.92. The van der Waals surface area contributed by atoms with Crippen LogP contribution >= 0.6 is 11.6 Å². The van der Waals surface area contributed by atoms with Crippen LogP contribution in [-0.4, -0.2) is 26.6 Å². The van der Waals surface area contributed by atoms with Crippen LogP contribution in [0.2, 0.25) is 0 Å². The molecular weight excluding hydrogens is 264 g/mol. The van der Waals surface area contributed by atoms with Gasteiger partial charge in [0.25, 0.3) is 0 Å². The van der Waals surface area contributed by atoms with Crippen LogP contribution in [0, 0.1) is 11.3 Å². The van der Waals surface area contributed by atoms with Crippen molar-refractivity contribution in [1.82, 2.24) is 19.5 Å². The number of halogens is 1. The van der Waals surface area contributed by atoms with Crippen molar-refractivity contribution in [1.29, 1.82) is 0 Å². The van der Waals surface area contributed by atoms with Gasteiger partial charge in [0.2, 0.25) is 5.88 Å². The molecule has 2 aromatic rings. The molecule has 0 aliphatic heterocycles. The molecule has 1 fully saturated rings. The summed E-state index contributed by atoms with van der Waals surface area (Å²) in [5.74, 6) is 2.36. The van der Waals surface area contributed by atoms with E-state index in [-0.39, 0.29) is 0 Å². The predicted molar refractivity (Wildman–Crippen MR) is 73.3 cm³/mol. The molecule has 3 rings (SSSR count). The van der Waals surface area contributed by atoms with Gasteiger partial charge < -0.3 is 9.30 Å². The molecule has 0 bridgehead atoms. The van der Waals surface area contributed by atoms with Gasteiger partial charge in [0.1, 0.15) is 12.2 Å². The largest absolute Gasteiger partial charge is 0.479 e. The molecule has 2 aromatic heterocycles. The molecule has 6 heteroatoms. The summed E-state index contributed by atoms with van der Waals surface area (Å²) >= 11 is 6.00. The van der Waals surface area contributed by atoms with Crippen LogP contribution in [0.15, 0.2) is 6.33 Å². The van der Waals surface area contributed by atoms with Crippen molar-refractivity contribution >= 4 is 22.8 Å². The van der Waals surface area contributed by atoms with Crippen LogP contribution in [0.1, 0.15) is 26.1 Å². The SMILES string of the molecule is COc1ncnc2c1nc(CCl)n2CC1CC1(C)C. The fraction of sp³-hybridized carbons (Fsp3) is 0.615. The Bertz CT molecular complexity index is 622. The number of nitrogens with zero attached hydrogens (tertiary/aromatic N) is 4. The smallest absolute Gasteiger partial charge is 0.245 e. The maximum atomic E-state index is 6.00.